The van der Waals surface area contributed by atoms with Crippen molar-refractivity contribution in [3.05, 3.63) is 0 Å². The molecule has 3 amide bonds. The van der Waals surface area contributed by atoms with Gasteiger partial charge in [0.1, 0.15) is 24.4 Å². The molecule has 0 aromatic heterocycles. The number of nitrogens with one attached hydrogen (secondary N) is 3. The number of piperazine rings is 1. The average Bonchev–Trinajstić information content (AvgIpc) is 2.62. The highest BCUT2D eigenvalue weighted by molar-refractivity contribution is 6.00. The molecule has 1 aliphatic carbocycles. The first-order chi connectivity index (χ1) is 12.7. The van der Waals surface area contributed by atoms with E-state index in [0.29, 0.717) is 11.8 Å². The Morgan fingerprint density at radius 2 is 1.78 bits per heavy atom. The van der Waals surface area contributed by atoms with Crippen molar-refractivity contribution in [1.29, 1.82) is 0 Å². The lowest BCUT2D eigenvalue weighted by Crippen LogP contribution is -2.79. The molecular weight excluding hydrogens is 356 g/mol. The second-order valence-electron chi connectivity index (χ2n) is 8.16. The SMILES string of the molecule is CC1CC2NC3C(=O)NC(=O)NC3N(C[C@H](O)[C@H](O)[C@H](O)CO)C2CC1C. The fourth-order valence-corrected chi connectivity index (χ4v) is 4.52. The van der Waals surface area contributed by atoms with Crippen LogP contribution in [-0.4, -0.2) is 93.0 Å². The molecule has 3 aliphatic rings. The quantitative estimate of drug-likeness (QED) is 0.269. The van der Waals surface area contributed by atoms with Gasteiger partial charge in [-0.05, 0) is 24.7 Å². The zero-order valence-corrected chi connectivity index (χ0v) is 15.6. The minimum absolute atomic E-state index is 0.00492. The fraction of sp³-hybridized carbons (Fsp3) is 0.882. The van der Waals surface area contributed by atoms with Crippen LogP contribution in [0.5, 0.6) is 0 Å². The molecule has 1 saturated carbocycles. The smallest absolute Gasteiger partial charge is 0.322 e. The maximum Gasteiger partial charge on any atom is 0.322 e. The van der Waals surface area contributed by atoms with Gasteiger partial charge in [-0.2, -0.15) is 0 Å². The highest BCUT2D eigenvalue weighted by Crippen LogP contribution is 2.36. The van der Waals surface area contributed by atoms with Crippen LogP contribution in [0.3, 0.4) is 0 Å². The Morgan fingerprint density at radius 3 is 2.44 bits per heavy atom. The Labute approximate surface area is 157 Å². The topological polar surface area (TPSA) is 154 Å². The molecule has 3 fully saturated rings. The van der Waals surface area contributed by atoms with Gasteiger partial charge >= 0.3 is 6.03 Å². The number of β-amino-alcohol motifs (C(OH)–C–C–N with tert-alkyl or cyclic N) is 1. The lowest BCUT2D eigenvalue weighted by molar-refractivity contribution is -0.135. The van der Waals surface area contributed by atoms with E-state index in [1.807, 2.05) is 4.90 Å². The lowest BCUT2D eigenvalue weighted by Gasteiger charge is -2.55. The number of nitrogens with zero attached hydrogens (tertiary/aromatic N) is 1. The number of carbonyl (C=O) groups excluding carboxylic acids is 2. The number of hydrogen-bond donors (Lipinski definition) is 7. The molecule has 0 aromatic rings. The molecule has 10 heteroatoms. The van der Waals surface area contributed by atoms with Gasteiger partial charge in [0, 0.05) is 18.6 Å². The van der Waals surface area contributed by atoms with E-state index in [0.717, 1.165) is 12.8 Å². The second-order valence-corrected chi connectivity index (χ2v) is 8.16. The first kappa shape index (κ1) is 20.4. The molecule has 3 rings (SSSR count). The lowest BCUT2D eigenvalue weighted by atomic mass is 9.73. The van der Waals surface area contributed by atoms with E-state index in [2.05, 4.69) is 29.8 Å². The van der Waals surface area contributed by atoms with Crippen molar-refractivity contribution in [3.8, 4) is 0 Å². The van der Waals surface area contributed by atoms with Crippen molar-refractivity contribution in [2.24, 2.45) is 11.8 Å². The normalized spacial score (nSPS) is 40.2. The standard InChI is InChI=1S/C17H30N4O6/c1-7-3-9-10(4-8(7)2)21(5-11(23)14(25)12(24)6-22)15-13(18-9)16(26)20-17(27)19-15/h7-15,18,22-25H,3-6H2,1-2H3,(H2,19,20,26,27)/t7?,8?,9?,10?,11-,12+,13?,14-,15?/m0/s1. The van der Waals surface area contributed by atoms with Crippen molar-refractivity contribution in [2.75, 3.05) is 13.2 Å². The second kappa shape index (κ2) is 7.98. The minimum Gasteiger partial charge on any atom is -0.394 e. The molecule has 2 heterocycles. The molecule has 6 unspecified atom stereocenters. The van der Waals surface area contributed by atoms with Gasteiger partial charge in [0.25, 0.3) is 0 Å². The number of carbonyl (C=O) groups is 2. The number of amides is 3. The first-order valence-electron chi connectivity index (χ1n) is 9.51. The Balaban J connectivity index is 1.85. The zero-order valence-electron chi connectivity index (χ0n) is 15.6. The van der Waals surface area contributed by atoms with Gasteiger partial charge < -0.3 is 25.7 Å². The van der Waals surface area contributed by atoms with Gasteiger partial charge in [-0.25, -0.2) is 4.79 Å². The van der Waals surface area contributed by atoms with Gasteiger partial charge in [-0.15, -0.1) is 0 Å². The van der Waals surface area contributed by atoms with Crippen molar-refractivity contribution in [3.63, 3.8) is 0 Å². The maximum absolute atomic E-state index is 12.3. The third kappa shape index (κ3) is 3.96. The molecule has 10 nitrogen and oxygen atoms in total. The third-order valence-corrected chi connectivity index (χ3v) is 6.34. The minimum atomic E-state index is -1.53. The van der Waals surface area contributed by atoms with Crippen molar-refractivity contribution in [1.82, 2.24) is 20.9 Å². The Hall–Kier alpha value is -1.30. The number of aliphatic hydroxyl groups excluding tert-OH is 4. The van der Waals surface area contributed by atoms with Gasteiger partial charge in [-0.3, -0.25) is 20.3 Å². The molecule has 154 valence electrons. The van der Waals surface area contributed by atoms with Crippen LogP contribution < -0.4 is 16.0 Å². The first-order valence-corrected chi connectivity index (χ1v) is 9.51. The van der Waals surface area contributed by atoms with E-state index in [9.17, 15) is 24.9 Å². The number of hydrogen-bond acceptors (Lipinski definition) is 8. The molecule has 0 bridgehead atoms. The summed E-state index contributed by atoms with van der Waals surface area (Å²) >= 11 is 0. The summed E-state index contributed by atoms with van der Waals surface area (Å²) in [4.78, 5) is 26.0. The number of aliphatic hydroxyl groups is 4. The van der Waals surface area contributed by atoms with Crippen LogP contribution in [0.2, 0.25) is 0 Å². The third-order valence-electron chi connectivity index (χ3n) is 6.34. The molecule has 0 radical (unpaired) electrons. The molecule has 2 saturated heterocycles. The number of fused-ring (bicyclic) bond motifs is 2. The monoisotopic (exact) mass is 386 g/mol. The predicted molar refractivity (Wildman–Crippen MR) is 94.3 cm³/mol. The Morgan fingerprint density at radius 1 is 1.11 bits per heavy atom. The van der Waals surface area contributed by atoms with E-state index in [-0.39, 0.29) is 18.6 Å². The van der Waals surface area contributed by atoms with Crippen LogP contribution in [0.1, 0.15) is 26.7 Å². The Kier molecular flexibility index (Phi) is 6.04. The fourth-order valence-electron chi connectivity index (χ4n) is 4.52. The molecule has 0 spiro atoms. The summed E-state index contributed by atoms with van der Waals surface area (Å²) < 4.78 is 0. The van der Waals surface area contributed by atoms with E-state index in [1.54, 1.807) is 0 Å². The summed E-state index contributed by atoms with van der Waals surface area (Å²) in [7, 11) is 0. The summed E-state index contributed by atoms with van der Waals surface area (Å²) in [5.41, 5.74) is 0. The van der Waals surface area contributed by atoms with E-state index in [1.165, 1.54) is 0 Å². The molecule has 9 atom stereocenters. The van der Waals surface area contributed by atoms with Crippen LogP contribution >= 0.6 is 0 Å². The average molecular weight is 386 g/mol. The van der Waals surface area contributed by atoms with E-state index >= 15 is 0 Å². The zero-order chi connectivity index (χ0) is 19.9. The molecule has 7 N–H and O–H groups in total. The number of imide groups is 1. The van der Waals surface area contributed by atoms with Gasteiger partial charge in [-0.1, -0.05) is 13.8 Å². The summed E-state index contributed by atoms with van der Waals surface area (Å²) in [6.07, 6.45) is -3.35. The van der Waals surface area contributed by atoms with Crippen LogP contribution in [0.15, 0.2) is 0 Å². The molecule has 0 aromatic carbocycles. The van der Waals surface area contributed by atoms with Crippen LogP contribution in [0, 0.1) is 11.8 Å². The number of urea groups is 1. The Bertz CT molecular complexity index is 578. The molecule has 2 aliphatic heterocycles. The molecule has 27 heavy (non-hydrogen) atoms. The molecular formula is C17H30N4O6. The van der Waals surface area contributed by atoms with Crippen molar-refractivity contribution in [2.45, 2.75) is 69.3 Å². The van der Waals surface area contributed by atoms with Crippen LogP contribution in [0.4, 0.5) is 4.79 Å². The van der Waals surface area contributed by atoms with E-state index < -0.39 is 49.1 Å². The highest BCUT2D eigenvalue weighted by atomic mass is 16.4. The largest absolute Gasteiger partial charge is 0.394 e. The van der Waals surface area contributed by atoms with Gasteiger partial charge in [0.05, 0.1) is 12.7 Å². The highest BCUT2D eigenvalue weighted by Gasteiger charge is 2.51. The van der Waals surface area contributed by atoms with Crippen molar-refractivity contribution < 1.29 is 30.0 Å². The van der Waals surface area contributed by atoms with Gasteiger partial charge in [0.2, 0.25) is 5.91 Å². The van der Waals surface area contributed by atoms with E-state index in [4.69, 9.17) is 5.11 Å². The summed E-state index contributed by atoms with van der Waals surface area (Å²) in [5.74, 6) is 0.458. The summed E-state index contributed by atoms with van der Waals surface area (Å²) in [6, 6.07) is -1.31. The van der Waals surface area contributed by atoms with Gasteiger partial charge in [0.15, 0.2) is 0 Å². The van der Waals surface area contributed by atoms with Crippen molar-refractivity contribution >= 4 is 11.9 Å². The number of rotatable bonds is 5. The summed E-state index contributed by atoms with van der Waals surface area (Å²) in [6.45, 7) is 3.60. The van der Waals surface area contributed by atoms with Crippen LogP contribution in [-0.2, 0) is 4.79 Å². The summed E-state index contributed by atoms with van der Waals surface area (Å²) in [5, 5.41) is 47.4. The maximum atomic E-state index is 12.3. The van der Waals surface area contributed by atoms with Crippen LogP contribution in [0.25, 0.3) is 0 Å². The predicted octanol–water partition coefficient (Wildman–Crippen LogP) is -2.70.